The highest BCUT2D eigenvalue weighted by atomic mass is 19.1. The molecule has 1 heterocycles. The van der Waals surface area contributed by atoms with E-state index in [0.29, 0.717) is 30.9 Å². The van der Waals surface area contributed by atoms with E-state index in [1.54, 1.807) is 34.6 Å². The maximum Gasteiger partial charge on any atom is 0.318 e. The zero-order chi connectivity index (χ0) is 20.4. The second-order valence-electron chi connectivity index (χ2n) is 7.46. The van der Waals surface area contributed by atoms with Crippen molar-refractivity contribution < 1.29 is 23.9 Å². The lowest BCUT2D eigenvalue weighted by molar-refractivity contribution is -0.133. The number of urea groups is 1. The summed E-state index contributed by atoms with van der Waals surface area (Å²) in [6, 6.07) is 11.9. The lowest BCUT2D eigenvalue weighted by atomic mass is 9.87. The Morgan fingerprint density at radius 2 is 1.72 bits per heavy atom. The molecule has 0 aromatic heterocycles. The number of rotatable bonds is 5. The van der Waals surface area contributed by atoms with Crippen molar-refractivity contribution in [2.45, 2.75) is 43.8 Å². The van der Waals surface area contributed by atoms with E-state index in [0.717, 1.165) is 18.4 Å². The van der Waals surface area contributed by atoms with Crippen molar-refractivity contribution in [2.24, 2.45) is 0 Å². The van der Waals surface area contributed by atoms with E-state index in [-0.39, 0.29) is 11.8 Å². The molecule has 152 valence electrons. The van der Waals surface area contributed by atoms with Crippen molar-refractivity contribution >= 4 is 11.9 Å². The quantitative estimate of drug-likeness (QED) is 0.531. The minimum atomic E-state index is -0.774. The van der Waals surface area contributed by atoms with Crippen LogP contribution < -0.4 is 15.5 Å². The number of hydrogen-bond acceptors (Lipinski definition) is 4. The lowest BCUT2D eigenvalue weighted by Gasteiger charge is -2.36. The Hall–Kier alpha value is -3.13. The zero-order valence-corrected chi connectivity index (χ0v) is 15.7. The van der Waals surface area contributed by atoms with Crippen LogP contribution in [0.5, 0.6) is 11.5 Å². The van der Waals surface area contributed by atoms with Gasteiger partial charge in [-0.05, 0) is 54.8 Å². The summed E-state index contributed by atoms with van der Waals surface area (Å²) in [6.45, 7) is 0.345. The average Bonchev–Trinajstić information content (AvgIpc) is 3.32. The monoisotopic (exact) mass is 399 g/mol. The number of benzene rings is 2. The van der Waals surface area contributed by atoms with Crippen molar-refractivity contribution in [2.75, 3.05) is 0 Å². The van der Waals surface area contributed by atoms with Crippen LogP contribution in [0.1, 0.15) is 31.2 Å². The Morgan fingerprint density at radius 1 is 1.14 bits per heavy atom. The van der Waals surface area contributed by atoms with E-state index in [1.807, 2.05) is 12.1 Å². The summed E-state index contributed by atoms with van der Waals surface area (Å²) in [6.07, 6.45) is 3.25. The second-order valence-corrected chi connectivity index (χ2v) is 7.46. The van der Waals surface area contributed by atoms with Gasteiger partial charge in [0.15, 0.2) is 0 Å². The molecule has 7 nitrogen and oxygen atoms in total. The number of carbonyl (C=O) groups is 2. The first-order valence-electron chi connectivity index (χ1n) is 9.56. The number of halogens is 1. The number of hydrogen-bond donors (Lipinski definition) is 3. The Morgan fingerprint density at radius 3 is 2.31 bits per heavy atom. The van der Waals surface area contributed by atoms with E-state index in [4.69, 9.17) is 9.94 Å². The first-order valence-corrected chi connectivity index (χ1v) is 9.56. The summed E-state index contributed by atoms with van der Waals surface area (Å²) < 4.78 is 18.7. The molecule has 3 amide bonds. The molecule has 8 heteroatoms. The normalized spacial score (nSPS) is 20.0. The third-order valence-electron chi connectivity index (χ3n) is 5.74. The highest BCUT2D eigenvalue weighted by molar-refractivity contribution is 5.92. The maximum absolute atomic E-state index is 13.0. The summed E-state index contributed by atoms with van der Waals surface area (Å²) in [5, 5.41) is 11.8. The van der Waals surface area contributed by atoms with Crippen LogP contribution in [0.2, 0.25) is 0 Å². The minimum Gasteiger partial charge on any atom is -0.457 e. The van der Waals surface area contributed by atoms with Crippen LogP contribution in [0.3, 0.4) is 0 Å². The van der Waals surface area contributed by atoms with Crippen LogP contribution in [-0.2, 0) is 11.3 Å². The summed E-state index contributed by atoms with van der Waals surface area (Å²) in [7, 11) is 0. The van der Waals surface area contributed by atoms with E-state index in [9.17, 15) is 14.0 Å². The van der Waals surface area contributed by atoms with Crippen molar-refractivity contribution in [1.82, 2.24) is 15.7 Å². The molecule has 1 aliphatic heterocycles. The van der Waals surface area contributed by atoms with Gasteiger partial charge in [0.25, 0.3) is 5.91 Å². The van der Waals surface area contributed by atoms with Crippen LogP contribution in [-0.4, -0.2) is 33.6 Å². The molecule has 1 atom stereocenters. The van der Waals surface area contributed by atoms with Gasteiger partial charge in [-0.3, -0.25) is 10.0 Å². The lowest BCUT2D eigenvalue weighted by Crippen LogP contribution is -2.55. The molecule has 2 aromatic carbocycles. The second kappa shape index (κ2) is 7.71. The summed E-state index contributed by atoms with van der Waals surface area (Å²) in [4.78, 5) is 26.4. The van der Waals surface area contributed by atoms with Gasteiger partial charge in [-0.2, -0.15) is 0 Å². The highest BCUT2D eigenvalue weighted by Gasteiger charge is 2.56. The molecule has 29 heavy (non-hydrogen) atoms. The van der Waals surface area contributed by atoms with Crippen molar-refractivity contribution in [3.05, 3.63) is 59.9 Å². The molecule has 1 saturated carbocycles. The fourth-order valence-electron chi connectivity index (χ4n) is 4.33. The van der Waals surface area contributed by atoms with Gasteiger partial charge >= 0.3 is 6.03 Å². The third kappa shape index (κ3) is 3.63. The molecular weight excluding hydrogens is 377 g/mol. The molecule has 2 aliphatic rings. The van der Waals surface area contributed by atoms with E-state index >= 15 is 0 Å². The summed E-state index contributed by atoms with van der Waals surface area (Å²) in [5.41, 5.74) is 1.94. The number of nitrogens with zero attached hydrogens (tertiary/aromatic N) is 1. The van der Waals surface area contributed by atoms with Gasteiger partial charge in [0, 0.05) is 6.54 Å². The molecule has 1 aliphatic carbocycles. The smallest absolute Gasteiger partial charge is 0.318 e. The molecule has 0 bridgehead atoms. The van der Waals surface area contributed by atoms with Crippen LogP contribution >= 0.6 is 0 Å². The van der Waals surface area contributed by atoms with Crippen molar-refractivity contribution in [3.63, 3.8) is 0 Å². The number of amides is 3. The largest absolute Gasteiger partial charge is 0.457 e. The first-order chi connectivity index (χ1) is 14.0. The van der Waals surface area contributed by atoms with Gasteiger partial charge in [0.05, 0.1) is 5.54 Å². The minimum absolute atomic E-state index is 0.313. The predicted octanol–water partition coefficient (Wildman–Crippen LogP) is 3.33. The SMILES string of the molecule is O=C(NO)[C@@H]1NC(=O)N(Cc2ccc(Oc3ccc(F)cc3)cc2)C12CCCC2. The van der Waals surface area contributed by atoms with Crippen molar-refractivity contribution in [1.29, 1.82) is 0 Å². The maximum atomic E-state index is 13.0. The van der Waals surface area contributed by atoms with E-state index in [2.05, 4.69) is 5.32 Å². The summed E-state index contributed by atoms with van der Waals surface area (Å²) >= 11 is 0. The fraction of sp³-hybridized carbons (Fsp3) is 0.333. The predicted molar refractivity (Wildman–Crippen MR) is 102 cm³/mol. The first kappa shape index (κ1) is 19.2. The van der Waals surface area contributed by atoms with Gasteiger partial charge < -0.3 is 15.0 Å². The zero-order valence-electron chi connectivity index (χ0n) is 15.7. The molecule has 1 saturated heterocycles. The fourth-order valence-corrected chi connectivity index (χ4v) is 4.33. The van der Waals surface area contributed by atoms with Gasteiger partial charge in [-0.25, -0.2) is 14.7 Å². The Labute approximate surface area is 167 Å². The number of nitrogens with one attached hydrogen (secondary N) is 2. The van der Waals surface area contributed by atoms with Gasteiger partial charge in [0.1, 0.15) is 23.4 Å². The average molecular weight is 399 g/mol. The molecule has 2 fully saturated rings. The molecule has 0 radical (unpaired) electrons. The highest BCUT2D eigenvalue weighted by Crippen LogP contribution is 2.42. The molecular formula is C21H22FN3O4. The van der Waals surface area contributed by atoms with E-state index < -0.39 is 17.5 Å². The number of carbonyl (C=O) groups excluding carboxylic acids is 2. The topological polar surface area (TPSA) is 90.9 Å². The van der Waals surface area contributed by atoms with Crippen LogP contribution in [0.25, 0.3) is 0 Å². The summed E-state index contributed by atoms with van der Waals surface area (Å²) in [5.74, 6) is 0.205. The Balaban J connectivity index is 1.50. The number of hydroxylamine groups is 1. The van der Waals surface area contributed by atoms with Crippen molar-refractivity contribution in [3.8, 4) is 11.5 Å². The third-order valence-corrected chi connectivity index (χ3v) is 5.74. The van der Waals surface area contributed by atoms with Crippen LogP contribution in [0, 0.1) is 5.82 Å². The van der Waals surface area contributed by atoms with Crippen LogP contribution in [0.15, 0.2) is 48.5 Å². The molecule has 4 rings (SSSR count). The Kier molecular flexibility index (Phi) is 5.10. The number of ether oxygens (including phenoxy) is 1. The van der Waals surface area contributed by atoms with Gasteiger partial charge in [-0.15, -0.1) is 0 Å². The van der Waals surface area contributed by atoms with Gasteiger partial charge in [-0.1, -0.05) is 25.0 Å². The Bertz CT molecular complexity index is 895. The van der Waals surface area contributed by atoms with Gasteiger partial charge in [0.2, 0.25) is 0 Å². The van der Waals surface area contributed by atoms with Crippen LogP contribution in [0.4, 0.5) is 9.18 Å². The molecule has 1 spiro atoms. The molecule has 0 unspecified atom stereocenters. The van der Waals surface area contributed by atoms with E-state index in [1.165, 1.54) is 12.1 Å². The standard InChI is InChI=1S/C21H22FN3O4/c22-15-5-9-17(10-6-15)29-16-7-3-14(4-8-16)13-25-20(27)23-18(19(26)24-28)21(25)11-1-2-12-21/h3-10,18,28H,1-2,11-13H2,(H,23,27)(H,24,26)/t18-/m0/s1. The molecule has 2 aromatic rings. The molecule has 3 N–H and O–H groups in total.